The van der Waals surface area contributed by atoms with E-state index in [4.69, 9.17) is 10.2 Å². The van der Waals surface area contributed by atoms with Gasteiger partial charge in [-0.2, -0.15) is 0 Å². The van der Waals surface area contributed by atoms with Crippen LogP contribution >= 0.6 is 0 Å². The maximum atomic E-state index is 11.0. The molecule has 1 heterocycles. The zero-order chi connectivity index (χ0) is 11.6. The molecular formula is C10H17N3O2. The van der Waals surface area contributed by atoms with Crippen molar-refractivity contribution in [2.24, 2.45) is 5.73 Å². The Labute approximate surface area is 89.1 Å². The zero-order valence-corrected chi connectivity index (χ0v) is 9.55. The summed E-state index contributed by atoms with van der Waals surface area (Å²) in [6.07, 6.45) is 0. The van der Waals surface area contributed by atoms with E-state index in [1.54, 1.807) is 13.8 Å². The van der Waals surface area contributed by atoms with Crippen molar-refractivity contribution in [1.82, 2.24) is 10.3 Å². The number of amides is 1. The molecule has 1 amide bonds. The Morgan fingerprint density at radius 2 is 2.13 bits per heavy atom. The third kappa shape index (κ3) is 2.79. The minimum Gasteiger partial charge on any atom is -0.444 e. The van der Waals surface area contributed by atoms with E-state index < -0.39 is 11.4 Å². The molecule has 84 valence electrons. The van der Waals surface area contributed by atoms with Gasteiger partial charge in [-0.05, 0) is 27.7 Å². The van der Waals surface area contributed by atoms with Gasteiger partial charge in [0.2, 0.25) is 11.8 Å². The lowest BCUT2D eigenvalue weighted by Gasteiger charge is -2.20. The Morgan fingerprint density at radius 1 is 1.53 bits per heavy atom. The average Bonchev–Trinajstić information content (AvgIpc) is 2.43. The van der Waals surface area contributed by atoms with Gasteiger partial charge < -0.3 is 10.2 Å². The predicted octanol–water partition coefficient (Wildman–Crippen LogP) is 0.645. The molecule has 0 aliphatic heterocycles. The van der Waals surface area contributed by atoms with Crippen molar-refractivity contribution in [3.8, 4) is 0 Å². The molecule has 0 saturated heterocycles. The fraction of sp³-hybridized carbons (Fsp3) is 0.600. The molecule has 0 bridgehead atoms. The van der Waals surface area contributed by atoms with Gasteiger partial charge in [0.05, 0.1) is 17.8 Å². The fourth-order valence-electron chi connectivity index (χ4n) is 0.998. The highest BCUT2D eigenvalue weighted by atomic mass is 16.4. The normalized spacial score (nSPS) is 11.7. The smallest absolute Gasteiger partial charge is 0.237 e. The van der Waals surface area contributed by atoms with Gasteiger partial charge in [0.15, 0.2) is 0 Å². The number of oxazole rings is 1. The second-order valence-corrected chi connectivity index (χ2v) is 4.09. The van der Waals surface area contributed by atoms with Crippen LogP contribution in [-0.4, -0.2) is 16.4 Å². The first-order valence-electron chi connectivity index (χ1n) is 4.81. The first kappa shape index (κ1) is 11.7. The summed E-state index contributed by atoms with van der Waals surface area (Å²) in [5.41, 5.74) is 5.33. The van der Waals surface area contributed by atoms with Crippen LogP contribution in [0.25, 0.3) is 0 Å². The molecule has 0 aromatic carbocycles. The monoisotopic (exact) mass is 211 g/mol. The Kier molecular flexibility index (Phi) is 3.14. The SMILES string of the molecule is Cc1nc(CNC(C)(C)C(N)=O)oc1C. The van der Waals surface area contributed by atoms with Crippen molar-refractivity contribution in [3.63, 3.8) is 0 Å². The van der Waals surface area contributed by atoms with E-state index in [-0.39, 0.29) is 0 Å². The van der Waals surface area contributed by atoms with Crippen molar-refractivity contribution in [2.45, 2.75) is 39.8 Å². The van der Waals surface area contributed by atoms with E-state index in [9.17, 15) is 4.79 Å². The molecular weight excluding hydrogens is 194 g/mol. The summed E-state index contributed by atoms with van der Waals surface area (Å²) in [4.78, 5) is 15.2. The Hall–Kier alpha value is -1.36. The highest BCUT2D eigenvalue weighted by Crippen LogP contribution is 2.09. The van der Waals surface area contributed by atoms with Crippen molar-refractivity contribution in [1.29, 1.82) is 0 Å². The van der Waals surface area contributed by atoms with E-state index in [1.807, 2.05) is 13.8 Å². The number of aryl methyl sites for hydroxylation is 2. The van der Waals surface area contributed by atoms with E-state index in [0.717, 1.165) is 11.5 Å². The van der Waals surface area contributed by atoms with Crippen LogP contribution in [0.2, 0.25) is 0 Å². The van der Waals surface area contributed by atoms with Gasteiger partial charge in [0.25, 0.3) is 0 Å². The lowest BCUT2D eigenvalue weighted by molar-refractivity contribution is -0.123. The van der Waals surface area contributed by atoms with Crippen molar-refractivity contribution in [2.75, 3.05) is 0 Å². The maximum absolute atomic E-state index is 11.0. The summed E-state index contributed by atoms with van der Waals surface area (Å²) in [6, 6.07) is 0. The van der Waals surface area contributed by atoms with Crippen molar-refractivity contribution >= 4 is 5.91 Å². The van der Waals surface area contributed by atoms with E-state index in [2.05, 4.69) is 10.3 Å². The molecule has 0 fully saturated rings. The Bertz CT molecular complexity index is 349. The first-order valence-corrected chi connectivity index (χ1v) is 4.81. The van der Waals surface area contributed by atoms with Crippen LogP contribution in [0.3, 0.4) is 0 Å². The van der Waals surface area contributed by atoms with E-state index >= 15 is 0 Å². The number of nitrogens with one attached hydrogen (secondary N) is 1. The summed E-state index contributed by atoms with van der Waals surface area (Å²) in [5, 5.41) is 2.98. The van der Waals surface area contributed by atoms with Crippen molar-refractivity contribution in [3.05, 3.63) is 17.3 Å². The van der Waals surface area contributed by atoms with Gasteiger partial charge in [-0.25, -0.2) is 4.98 Å². The van der Waals surface area contributed by atoms with Crippen LogP contribution in [0.1, 0.15) is 31.2 Å². The third-order valence-corrected chi connectivity index (χ3v) is 2.37. The van der Waals surface area contributed by atoms with Gasteiger partial charge in [-0.15, -0.1) is 0 Å². The van der Waals surface area contributed by atoms with Crippen molar-refractivity contribution < 1.29 is 9.21 Å². The average molecular weight is 211 g/mol. The van der Waals surface area contributed by atoms with Gasteiger partial charge >= 0.3 is 0 Å². The van der Waals surface area contributed by atoms with Gasteiger partial charge in [-0.3, -0.25) is 10.1 Å². The summed E-state index contributed by atoms with van der Waals surface area (Å²) >= 11 is 0. The highest BCUT2D eigenvalue weighted by Gasteiger charge is 2.24. The predicted molar refractivity (Wildman–Crippen MR) is 56.1 cm³/mol. The minimum atomic E-state index is -0.754. The van der Waals surface area contributed by atoms with E-state index in [1.165, 1.54) is 0 Å². The summed E-state index contributed by atoms with van der Waals surface area (Å²) in [5.74, 6) is 0.963. The standard InChI is InChI=1S/C10H17N3O2/c1-6-7(2)15-8(13-6)5-12-10(3,4)9(11)14/h12H,5H2,1-4H3,(H2,11,14). The molecule has 0 unspecified atom stereocenters. The van der Waals surface area contributed by atoms with Crippen LogP contribution in [0.4, 0.5) is 0 Å². The molecule has 0 aliphatic carbocycles. The molecule has 1 rings (SSSR count). The molecule has 5 heteroatoms. The minimum absolute atomic E-state index is 0.393. The summed E-state index contributed by atoms with van der Waals surface area (Å²) in [6.45, 7) is 7.56. The number of primary amides is 1. The maximum Gasteiger partial charge on any atom is 0.237 e. The van der Waals surface area contributed by atoms with Crippen LogP contribution in [0, 0.1) is 13.8 Å². The largest absolute Gasteiger partial charge is 0.444 e. The molecule has 1 aromatic rings. The quantitative estimate of drug-likeness (QED) is 0.766. The van der Waals surface area contributed by atoms with Crippen LogP contribution in [-0.2, 0) is 11.3 Å². The Morgan fingerprint density at radius 3 is 2.53 bits per heavy atom. The van der Waals surface area contributed by atoms with Gasteiger partial charge in [-0.1, -0.05) is 0 Å². The molecule has 0 saturated carbocycles. The molecule has 0 radical (unpaired) electrons. The second kappa shape index (κ2) is 4.02. The van der Waals surface area contributed by atoms with Crippen LogP contribution in [0.15, 0.2) is 4.42 Å². The molecule has 0 aliphatic rings. The molecule has 0 atom stereocenters. The Balaban J connectivity index is 2.61. The lowest BCUT2D eigenvalue weighted by atomic mass is 10.1. The number of hydrogen-bond donors (Lipinski definition) is 2. The first-order chi connectivity index (χ1) is 6.83. The van der Waals surface area contributed by atoms with Crippen LogP contribution in [0.5, 0.6) is 0 Å². The molecule has 0 spiro atoms. The number of nitrogens with zero attached hydrogens (tertiary/aromatic N) is 1. The summed E-state index contributed by atoms with van der Waals surface area (Å²) in [7, 11) is 0. The highest BCUT2D eigenvalue weighted by molar-refractivity contribution is 5.83. The number of carbonyl (C=O) groups is 1. The number of nitrogens with two attached hydrogens (primary N) is 1. The zero-order valence-electron chi connectivity index (χ0n) is 9.55. The van der Waals surface area contributed by atoms with Crippen LogP contribution < -0.4 is 11.1 Å². The number of carbonyl (C=O) groups excluding carboxylic acids is 1. The second-order valence-electron chi connectivity index (χ2n) is 4.09. The number of rotatable bonds is 4. The molecule has 5 nitrogen and oxygen atoms in total. The molecule has 1 aromatic heterocycles. The van der Waals surface area contributed by atoms with Gasteiger partial charge in [0, 0.05) is 0 Å². The fourth-order valence-corrected chi connectivity index (χ4v) is 0.998. The summed E-state index contributed by atoms with van der Waals surface area (Å²) < 4.78 is 5.36. The van der Waals surface area contributed by atoms with E-state index in [0.29, 0.717) is 12.4 Å². The topological polar surface area (TPSA) is 81.1 Å². The van der Waals surface area contributed by atoms with Gasteiger partial charge in [0.1, 0.15) is 5.76 Å². The molecule has 15 heavy (non-hydrogen) atoms. The molecule has 3 N–H and O–H groups in total. The number of hydrogen-bond acceptors (Lipinski definition) is 4. The third-order valence-electron chi connectivity index (χ3n) is 2.37. The number of aromatic nitrogens is 1. The lowest BCUT2D eigenvalue weighted by Crippen LogP contribution is -2.50.